The second-order valence-electron chi connectivity index (χ2n) is 6.89. The molecule has 0 spiro atoms. The van der Waals surface area contributed by atoms with Crippen LogP contribution in [0.15, 0.2) is 78.9 Å². The highest BCUT2D eigenvalue weighted by Crippen LogP contribution is 2.25. The molecule has 0 saturated carbocycles. The first-order valence-corrected chi connectivity index (χ1v) is 10.3. The molecule has 0 bridgehead atoms. The molecule has 0 radical (unpaired) electrons. The van der Waals surface area contributed by atoms with Gasteiger partial charge in [0.25, 0.3) is 5.91 Å². The van der Waals surface area contributed by atoms with Crippen LogP contribution in [0.3, 0.4) is 0 Å². The van der Waals surface area contributed by atoms with Gasteiger partial charge in [-0.2, -0.15) is 0 Å². The minimum absolute atomic E-state index is 0.0756. The van der Waals surface area contributed by atoms with Gasteiger partial charge >= 0.3 is 0 Å². The van der Waals surface area contributed by atoms with Gasteiger partial charge in [-0.05, 0) is 30.7 Å². The van der Waals surface area contributed by atoms with E-state index >= 15 is 0 Å². The molecule has 0 aliphatic carbocycles. The number of hydrogen-bond acceptors (Lipinski definition) is 3. The molecule has 5 heteroatoms. The molecule has 3 rings (SSSR count). The zero-order chi connectivity index (χ0) is 21.2. The van der Waals surface area contributed by atoms with E-state index in [1.807, 2.05) is 79.7 Å². The number of amides is 1. The molecule has 0 unspecified atom stereocenters. The van der Waals surface area contributed by atoms with Gasteiger partial charge in [0, 0.05) is 12.0 Å². The number of nitrogens with one attached hydrogen (secondary N) is 1. The van der Waals surface area contributed by atoms with Gasteiger partial charge in [-0.25, -0.2) is 0 Å². The van der Waals surface area contributed by atoms with Crippen molar-refractivity contribution < 1.29 is 19.6 Å². The summed E-state index contributed by atoms with van der Waals surface area (Å²) in [6.07, 6.45) is 0.802. The Morgan fingerprint density at radius 1 is 0.933 bits per heavy atom. The number of ether oxygens (including phenoxy) is 2. The monoisotopic (exact) mass is 405 g/mol. The van der Waals surface area contributed by atoms with Gasteiger partial charge in [-0.3, -0.25) is 4.79 Å². The number of rotatable bonds is 10. The summed E-state index contributed by atoms with van der Waals surface area (Å²) in [6, 6.07) is 25.0. The fourth-order valence-electron chi connectivity index (χ4n) is 3.43. The Morgan fingerprint density at radius 2 is 1.60 bits per heavy atom. The summed E-state index contributed by atoms with van der Waals surface area (Å²) < 4.78 is 11.1. The van der Waals surface area contributed by atoms with Gasteiger partial charge in [-0.1, -0.05) is 60.7 Å². The Kier molecular flexibility index (Phi) is 7.86. The van der Waals surface area contributed by atoms with Gasteiger partial charge in [0.05, 0.1) is 25.9 Å². The van der Waals surface area contributed by atoms with Crippen molar-refractivity contribution in [1.82, 2.24) is 0 Å². The minimum atomic E-state index is -0.365. The number of quaternary nitrogens is 1. The third-order valence-electron chi connectivity index (χ3n) is 4.89. The Morgan fingerprint density at radius 3 is 2.33 bits per heavy atom. The SMILES string of the molecule is CCOc1ccccc1NC(=O)[C@H]([NH2+]CCc1ccccc1OC)c1ccccc1. The topological polar surface area (TPSA) is 64.2 Å². The number of carbonyl (C=O) groups excluding carboxylic acids is 1. The van der Waals surface area contributed by atoms with Crippen molar-refractivity contribution in [2.24, 2.45) is 0 Å². The third kappa shape index (κ3) is 5.61. The largest absolute Gasteiger partial charge is 0.496 e. The first kappa shape index (κ1) is 21.4. The highest BCUT2D eigenvalue weighted by molar-refractivity contribution is 5.95. The molecule has 30 heavy (non-hydrogen) atoms. The molecule has 0 saturated heterocycles. The maximum atomic E-state index is 13.2. The van der Waals surface area contributed by atoms with Gasteiger partial charge in [-0.15, -0.1) is 0 Å². The van der Waals surface area contributed by atoms with Gasteiger partial charge in [0.1, 0.15) is 11.5 Å². The fourth-order valence-corrected chi connectivity index (χ4v) is 3.43. The molecular formula is C25H29N2O3+. The quantitative estimate of drug-likeness (QED) is 0.542. The molecule has 5 nitrogen and oxygen atoms in total. The molecule has 0 fully saturated rings. The summed E-state index contributed by atoms with van der Waals surface area (Å²) in [5, 5.41) is 5.12. The first-order chi connectivity index (χ1) is 14.7. The van der Waals surface area contributed by atoms with Crippen molar-refractivity contribution in [2.45, 2.75) is 19.4 Å². The molecule has 0 heterocycles. The van der Waals surface area contributed by atoms with Crippen LogP contribution in [0.4, 0.5) is 5.69 Å². The Labute approximate surface area is 178 Å². The van der Waals surface area contributed by atoms with Crippen LogP contribution >= 0.6 is 0 Å². The normalized spacial score (nSPS) is 11.5. The van der Waals surface area contributed by atoms with Crippen LogP contribution in [0.5, 0.6) is 11.5 Å². The van der Waals surface area contributed by atoms with Crippen molar-refractivity contribution in [3.63, 3.8) is 0 Å². The summed E-state index contributed by atoms with van der Waals surface area (Å²) in [7, 11) is 1.68. The number of nitrogens with two attached hydrogens (primary N) is 1. The van der Waals surface area contributed by atoms with E-state index in [0.717, 1.165) is 29.8 Å². The molecule has 0 aliphatic rings. The van der Waals surface area contributed by atoms with E-state index in [1.54, 1.807) is 7.11 Å². The highest BCUT2D eigenvalue weighted by atomic mass is 16.5. The third-order valence-corrected chi connectivity index (χ3v) is 4.89. The molecule has 1 atom stereocenters. The average Bonchev–Trinajstić information content (AvgIpc) is 2.79. The van der Waals surface area contributed by atoms with Crippen LogP contribution in [0.2, 0.25) is 0 Å². The lowest BCUT2D eigenvalue weighted by atomic mass is 10.0. The second kappa shape index (κ2) is 11.0. The van der Waals surface area contributed by atoms with Gasteiger partial charge < -0.3 is 20.1 Å². The molecule has 1 amide bonds. The Hall–Kier alpha value is -3.31. The van der Waals surface area contributed by atoms with Crippen molar-refractivity contribution in [1.29, 1.82) is 0 Å². The summed E-state index contributed by atoms with van der Waals surface area (Å²) in [4.78, 5) is 13.2. The zero-order valence-corrected chi connectivity index (χ0v) is 17.5. The van der Waals surface area contributed by atoms with E-state index < -0.39 is 0 Å². The lowest BCUT2D eigenvalue weighted by Crippen LogP contribution is -2.87. The van der Waals surface area contributed by atoms with Crippen LogP contribution in [0.25, 0.3) is 0 Å². The van der Waals surface area contributed by atoms with E-state index in [1.165, 1.54) is 0 Å². The minimum Gasteiger partial charge on any atom is -0.496 e. The molecule has 3 aromatic carbocycles. The average molecular weight is 406 g/mol. The predicted molar refractivity (Wildman–Crippen MR) is 119 cm³/mol. The number of benzene rings is 3. The van der Waals surface area contributed by atoms with Crippen LogP contribution < -0.4 is 20.1 Å². The number of anilines is 1. The number of para-hydroxylation sites is 3. The second-order valence-corrected chi connectivity index (χ2v) is 6.89. The summed E-state index contributed by atoms with van der Waals surface area (Å²) in [5.74, 6) is 1.47. The predicted octanol–water partition coefficient (Wildman–Crippen LogP) is 3.58. The summed E-state index contributed by atoms with van der Waals surface area (Å²) in [6.45, 7) is 3.22. The lowest BCUT2D eigenvalue weighted by molar-refractivity contribution is -0.682. The van der Waals surface area contributed by atoms with Crippen molar-refractivity contribution in [3.05, 3.63) is 90.0 Å². The lowest BCUT2D eigenvalue weighted by Gasteiger charge is -2.18. The first-order valence-electron chi connectivity index (χ1n) is 10.3. The maximum Gasteiger partial charge on any atom is 0.287 e. The van der Waals surface area contributed by atoms with Crippen LogP contribution in [-0.2, 0) is 11.2 Å². The fraction of sp³-hybridized carbons (Fsp3) is 0.240. The Bertz CT molecular complexity index is 944. The number of methoxy groups -OCH3 is 1. The molecule has 156 valence electrons. The number of hydrogen-bond donors (Lipinski definition) is 2. The molecule has 3 aromatic rings. The van der Waals surface area contributed by atoms with Crippen LogP contribution in [0.1, 0.15) is 24.1 Å². The van der Waals surface area contributed by atoms with E-state index in [4.69, 9.17) is 9.47 Å². The van der Waals surface area contributed by atoms with Gasteiger partial charge in [0.15, 0.2) is 6.04 Å². The molecular weight excluding hydrogens is 376 g/mol. The Balaban J connectivity index is 1.74. The molecule has 3 N–H and O–H groups in total. The van der Waals surface area contributed by atoms with E-state index in [2.05, 4.69) is 16.7 Å². The smallest absolute Gasteiger partial charge is 0.287 e. The van der Waals surface area contributed by atoms with Crippen molar-refractivity contribution >= 4 is 11.6 Å². The highest BCUT2D eigenvalue weighted by Gasteiger charge is 2.25. The van der Waals surface area contributed by atoms with E-state index in [0.29, 0.717) is 18.0 Å². The zero-order valence-electron chi connectivity index (χ0n) is 17.5. The molecule has 0 aromatic heterocycles. The van der Waals surface area contributed by atoms with E-state index in [-0.39, 0.29) is 11.9 Å². The van der Waals surface area contributed by atoms with E-state index in [9.17, 15) is 4.79 Å². The van der Waals surface area contributed by atoms with Crippen molar-refractivity contribution in [2.75, 3.05) is 25.6 Å². The van der Waals surface area contributed by atoms with Crippen LogP contribution in [-0.4, -0.2) is 26.2 Å². The number of carbonyl (C=O) groups is 1. The van der Waals surface area contributed by atoms with Gasteiger partial charge in [0.2, 0.25) is 0 Å². The molecule has 0 aliphatic heterocycles. The summed E-state index contributed by atoms with van der Waals surface area (Å²) in [5.41, 5.74) is 2.78. The summed E-state index contributed by atoms with van der Waals surface area (Å²) >= 11 is 0. The maximum absolute atomic E-state index is 13.2. The standard InChI is InChI=1S/C25H28N2O3/c1-3-30-23-16-10-8-14-21(23)27-25(28)24(20-12-5-4-6-13-20)26-18-17-19-11-7-9-15-22(19)29-2/h4-16,24,26H,3,17-18H2,1-2H3,(H,27,28)/p+1/t24-/m1/s1. The van der Waals surface area contributed by atoms with Crippen molar-refractivity contribution in [3.8, 4) is 11.5 Å². The van der Waals surface area contributed by atoms with Crippen LogP contribution in [0, 0.1) is 0 Å².